The molecule has 1 aliphatic rings. The molecule has 32 heavy (non-hydrogen) atoms. The molecule has 0 atom stereocenters. The van der Waals surface area contributed by atoms with Gasteiger partial charge in [0.05, 0.1) is 5.56 Å². The van der Waals surface area contributed by atoms with Crippen molar-refractivity contribution in [2.45, 2.75) is 19.4 Å². The second-order valence-corrected chi connectivity index (χ2v) is 7.66. The van der Waals surface area contributed by atoms with Gasteiger partial charge in [-0.25, -0.2) is 0 Å². The fourth-order valence-corrected chi connectivity index (χ4v) is 3.64. The van der Waals surface area contributed by atoms with Crippen LogP contribution in [0.5, 0.6) is 0 Å². The van der Waals surface area contributed by atoms with Gasteiger partial charge >= 0.3 is 0 Å². The van der Waals surface area contributed by atoms with E-state index < -0.39 is 0 Å². The van der Waals surface area contributed by atoms with Crippen molar-refractivity contribution in [2.24, 2.45) is 0 Å². The van der Waals surface area contributed by atoms with Crippen molar-refractivity contribution in [3.8, 4) is 0 Å². The van der Waals surface area contributed by atoms with E-state index in [2.05, 4.69) is 15.6 Å². The first-order valence-electron chi connectivity index (χ1n) is 10.6. The van der Waals surface area contributed by atoms with Crippen molar-refractivity contribution < 1.29 is 14.4 Å². The number of carbonyl (C=O) groups is 3. The minimum absolute atomic E-state index is 0.0349. The quantitative estimate of drug-likeness (QED) is 0.629. The van der Waals surface area contributed by atoms with E-state index in [9.17, 15) is 14.4 Å². The Kier molecular flexibility index (Phi) is 6.55. The number of aromatic nitrogens is 1. The van der Waals surface area contributed by atoms with Crippen molar-refractivity contribution in [2.75, 3.05) is 18.4 Å². The van der Waals surface area contributed by atoms with E-state index >= 15 is 0 Å². The molecule has 7 heteroatoms. The zero-order chi connectivity index (χ0) is 22.3. The number of benzene rings is 2. The summed E-state index contributed by atoms with van der Waals surface area (Å²) in [4.78, 5) is 43.3. The van der Waals surface area contributed by atoms with E-state index in [-0.39, 0.29) is 17.7 Å². The van der Waals surface area contributed by atoms with Crippen LogP contribution in [0.3, 0.4) is 0 Å². The minimum atomic E-state index is -0.296. The Bertz CT molecular complexity index is 1120. The molecule has 3 amide bonds. The van der Waals surface area contributed by atoms with Gasteiger partial charge in [0.2, 0.25) is 0 Å². The summed E-state index contributed by atoms with van der Waals surface area (Å²) in [6, 6.07) is 17.4. The summed E-state index contributed by atoms with van der Waals surface area (Å²) in [5.41, 5.74) is 2.87. The molecule has 0 radical (unpaired) electrons. The number of carbonyl (C=O) groups excluding carboxylic acids is 3. The first kappa shape index (κ1) is 21.2. The highest BCUT2D eigenvalue weighted by atomic mass is 16.2. The molecule has 0 bridgehead atoms. The lowest BCUT2D eigenvalue weighted by atomic mass is 10.1. The molecule has 2 heterocycles. The smallest absolute Gasteiger partial charge is 0.257 e. The van der Waals surface area contributed by atoms with E-state index in [1.54, 1.807) is 48.7 Å². The van der Waals surface area contributed by atoms with Gasteiger partial charge in [0.25, 0.3) is 17.7 Å². The maximum absolute atomic E-state index is 12.6. The number of pyridine rings is 1. The molecule has 7 nitrogen and oxygen atoms in total. The van der Waals surface area contributed by atoms with Crippen LogP contribution in [0, 0.1) is 0 Å². The van der Waals surface area contributed by atoms with Gasteiger partial charge < -0.3 is 15.5 Å². The molecule has 2 aromatic carbocycles. The zero-order valence-electron chi connectivity index (χ0n) is 17.6. The molecule has 162 valence electrons. The third-order valence-electron chi connectivity index (χ3n) is 5.33. The van der Waals surface area contributed by atoms with Crippen molar-refractivity contribution in [1.29, 1.82) is 0 Å². The molecule has 0 spiro atoms. The Morgan fingerprint density at radius 3 is 2.38 bits per heavy atom. The molecule has 0 unspecified atom stereocenters. The third-order valence-corrected chi connectivity index (χ3v) is 5.33. The molecule has 1 fully saturated rings. The first-order chi connectivity index (χ1) is 15.6. The van der Waals surface area contributed by atoms with Crippen molar-refractivity contribution in [3.63, 3.8) is 0 Å². The van der Waals surface area contributed by atoms with E-state index in [1.807, 2.05) is 23.1 Å². The highest BCUT2D eigenvalue weighted by Gasteiger charge is 2.19. The highest BCUT2D eigenvalue weighted by molar-refractivity contribution is 6.05. The maximum atomic E-state index is 12.6. The molecule has 1 aliphatic heterocycles. The Labute approximate surface area is 186 Å². The predicted molar refractivity (Wildman–Crippen MR) is 121 cm³/mol. The van der Waals surface area contributed by atoms with Crippen LogP contribution >= 0.6 is 0 Å². The van der Waals surface area contributed by atoms with Crippen LogP contribution in [0.4, 0.5) is 5.69 Å². The average Bonchev–Trinajstić information content (AvgIpc) is 3.38. The Morgan fingerprint density at radius 2 is 1.59 bits per heavy atom. The fourth-order valence-electron chi connectivity index (χ4n) is 3.64. The minimum Gasteiger partial charge on any atom is -0.348 e. The normalized spacial score (nSPS) is 12.9. The number of rotatable bonds is 6. The van der Waals surface area contributed by atoms with Gasteiger partial charge in [-0.2, -0.15) is 0 Å². The van der Waals surface area contributed by atoms with Crippen LogP contribution in [-0.2, 0) is 6.54 Å². The molecule has 1 saturated heterocycles. The van der Waals surface area contributed by atoms with Gasteiger partial charge in [0, 0.05) is 48.8 Å². The topological polar surface area (TPSA) is 91.4 Å². The summed E-state index contributed by atoms with van der Waals surface area (Å²) < 4.78 is 0. The average molecular weight is 428 g/mol. The van der Waals surface area contributed by atoms with Gasteiger partial charge in [-0.15, -0.1) is 0 Å². The van der Waals surface area contributed by atoms with E-state index in [4.69, 9.17) is 0 Å². The number of hydrogen-bond acceptors (Lipinski definition) is 4. The SMILES string of the molecule is O=C(NCc1cccc(C(=O)N2CCCC2)c1)c1cccc(NC(=O)c2cccnc2)c1. The molecule has 3 aromatic rings. The molecule has 0 saturated carbocycles. The summed E-state index contributed by atoms with van der Waals surface area (Å²) in [5.74, 6) is -0.526. The lowest BCUT2D eigenvalue weighted by Gasteiger charge is -2.15. The summed E-state index contributed by atoms with van der Waals surface area (Å²) in [5, 5.41) is 5.65. The van der Waals surface area contributed by atoms with Crippen LogP contribution in [0.1, 0.15) is 49.5 Å². The van der Waals surface area contributed by atoms with Crippen LogP contribution in [0.2, 0.25) is 0 Å². The number of likely N-dealkylation sites (tertiary alicyclic amines) is 1. The van der Waals surface area contributed by atoms with Crippen LogP contribution in [-0.4, -0.2) is 40.7 Å². The largest absolute Gasteiger partial charge is 0.348 e. The lowest BCUT2D eigenvalue weighted by Crippen LogP contribution is -2.28. The second kappa shape index (κ2) is 9.87. The maximum Gasteiger partial charge on any atom is 0.257 e. The van der Waals surface area contributed by atoms with Gasteiger partial charge in [0.1, 0.15) is 0 Å². The summed E-state index contributed by atoms with van der Waals surface area (Å²) in [7, 11) is 0. The summed E-state index contributed by atoms with van der Waals surface area (Å²) in [6.45, 7) is 1.90. The predicted octanol–water partition coefficient (Wildman–Crippen LogP) is 3.50. The van der Waals surface area contributed by atoms with E-state index in [1.165, 1.54) is 6.20 Å². The monoisotopic (exact) mass is 428 g/mol. The van der Waals surface area contributed by atoms with Gasteiger partial charge in [-0.1, -0.05) is 18.2 Å². The molecular weight excluding hydrogens is 404 g/mol. The van der Waals surface area contributed by atoms with Gasteiger partial charge in [-0.05, 0) is 60.9 Å². The first-order valence-corrected chi connectivity index (χ1v) is 10.6. The Balaban J connectivity index is 1.37. The Hall–Kier alpha value is -4.00. The van der Waals surface area contributed by atoms with Crippen LogP contribution in [0.25, 0.3) is 0 Å². The van der Waals surface area contributed by atoms with Crippen molar-refractivity contribution >= 4 is 23.4 Å². The lowest BCUT2D eigenvalue weighted by molar-refractivity contribution is 0.0792. The van der Waals surface area contributed by atoms with Crippen molar-refractivity contribution in [1.82, 2.24) is 15.2 Å². The third kappa shape index (κ3) is 5.18. The molecule has 4 rings (SSSR count). The van der Waals surface area contributed by atoms with Crippen LogP contribution in [0.15, 0.2) is 73.1 Å². The van der Waals surface area contributed by atoms with Gasteiger partial charge in [-0.3, -0.25) is 19.4 Å². The highest BCUT2D eigenvalue weighted by Crippen LogP contribution is 2.15. The number of nitrogens with one attached hydrogen (secondary N) is 2. The summed E-state index contributed by atoms with van der Waals surface area (Å²) in [6.07, 6.45) is 5.17. The summed E-state index contributed by atoms with van der Waals surface area (Å²) >= 11 is 0. The standard InChI is InChI=1S/C25H24N4O3/c30-23(19-7-4-10-22(15-19)28-24(31)21-9-5-11-26-17-21)27-16-18-6-3-8-20(14-18)25(32)29-12-1-2-13-29/h3-11,14-15,17H,1-2,12-13,16H2,(H,27,30)(H,28,31). The van der Waals surface area contributed by atoms with E-state index in [0.29, 0.717) is 28.9 Å². The van der Waals surface area contributed by atoms with Crippen molar-refractivity contribution in [3.05, 3.63) is 95.3 Å². The second-order valence-electron chi connectivity index (χ2n) is 7.66. The fraction of sp³-hybridized carbons (Fsp3) is 0.200. The number of hydrogen-bond donors (Lipinski definition) is 2. The molecule has 2 N–H and O–H groups in total. The molecule has 1 aromatic heterocycles. The zero-order valence-corrected chi connectivity index (χ0v) is 17.6. The number of nitrogens with zero attached hydrogens (tertiary/aromatic N) is 2. The Morgan fingerprint density at radius 1 is 0.844 bits per heavy atom. The number of amides is 3. The van der Waals surface area contributed by atoms with E-state index in [0.717, 1.165) is 31.5 Å². The van der Waals surface area contributed by atoms with Crippen LogP contribution < -0.4 is 10.6 Å². The molecule has 0 aliphatic carbocycles. The molecular formula is C25H24N4O3. The number of anilines is 1. The van der Waals surface area contributed by atoms with Gasteiger partial charge in [0.15, 0.2) is 0 Å².